The van der Waals surface area contributed by atoms with Crippen LogP contribution in [0.25, 0.3) is 32.9 Å². The van der Waals surface area contributed by atoms with Gasteiger partial charge in [0.2, 0.25) is 0 Å². The number of anilines is 1. The highest BCUT2D eigenvalue weighted by molar-refractivity contribution is 7.15. The Hall–Kier alpha value is -3.34. The summed E-state index contributed by atoms with van der Waals surface area (Å²) in [6.45, 7) is 6.14. The van der Waals surface area contributed by atoms with Gasteiger partial charge < -0.3 is 16.2 Å². The third-order valence-corrected chi connectivity index (χ3v) is 6.68. The largest absolute Gasteiger partial charge is 0.395 e. The van der Waals surface area contributed by atoms with Crippen LogP contribution in [0.5, 0.6) is 0 Å². The molecule has 1 aliphatic heterocycles. The number of benzene rings is 1. The van der Waals surface area contributed by atoms with Crippen LogP contribution in [0.2, 0.25) is 0 Å². The number of carbonyl (C=O) groups is 1. The number of nitrogens with zero attached hydrogens (tertiary/aromatic N) is 4. The van der Waals surface area contributed by atoms with Gasteiger partial charge in [-0.3, -0.25) is 14.8 Å². The fourth-order valence-corrected chi connectivity index (χ4v) is 4.95. The smallest absolute Gasteiger partial charge is 0.269 e. The average Bonchev–Trinajstić information content (AvgIpc) is 3.44. The first-order chi connectivity index (χ1) is 15.5. The zero-order chi connectivity index (χ0) is 22.2. The van der Waals surface area contributed by atoms with Gasteiger partial charge in [0.05, 0.1) is 41.2 Å². The van der Waals surface area contributed by atoms with Crippen molar-refractivity contribution in [1.82, 2.24) is 25.1 Å². The van der Waals surface area contributed by atoms with Crippen molar-refractivity contribution in [3.8, 4) is 22.0 Å². The number of nitrogens with one attached hydrogen (secondary N) is 1. The van der Waals surface area contributed by atoms with E-state index in [2.05, 4.69) is 26.1 Å². The topological polar surface area (TPSA) is 136 Å². The molecule has 5 rings (SSSR count). The number of morpholine rings is 1. The van der Waals surface area contributed by atoms with E-state index in [0.29, 0.717) is 11.5 Å². The van der Waals surface area contributed by atoms with E-state index in [4.69, 9.17) is 21.2 Å². The molecule has 1 saturated heterocycles. The second-order valence-electron chi connectivity index (χ2n) is 7.77. The van der Waals surface area contributed by atoms with E-state index in [1.54, 1.807) is 17.5 Å². The van der Waals surface area contributed by atoms with Crippen molar-refractivity contribution >= 4 is 33.8 Å². The maximum Gasteiger partial charge on any atom is 0.269 e. The minimum atomic E-state index is -0.686. The summed E-state index contributed by atoms with van der Waals surface area (Å²) in [5.41, 5.74) is 15.3. The van der Waals surface area contributed by atoms with E-state index in [9.17, 15) is 4.79 Å². The van der Waals surface area contributed by atoms with Crippen molar-refractivity contribution < 1.29 is 9.53 Å². The number of fused-ring (bicyclic) bond motifs is 1. The highest BCUT2D eigenvalue weighted by atomic mass is 32.1. The summed E-state index contributed by atoms with van der Waals surface area (Å²) < 4.78 is 5.43. The van der Waals surface area contributed by atoms with Crippen LogP contribution < -0.4 is 11.5 Å². The van der Waals surface area contributed by atoms with Crippen molar-refractivity contribution in [2.75, 3.05) is 32.0 Å². The minimum Gasteiger partial charge on any atom is -0.395 e. The molecule has 32 heavy (non-hydrogen) atoms. The molecule has 4 aromatic rings. The molecular formula is C22H23N7O2S. The van der Waals surface area contributed by atoms with E-state index in [1.165, 1.54) is 4.88 Å². The van der Waals surface area contributed by atoms with Crippen LogP contribution in [0.15, 0.2) is 30.5 Å². The Morgan fingerprint density at radius 3 is 2.81 bits per heavy atom. The SMILES string of the molecule is Cc1ccc2[nH]ncc2c1-c1nc(-c2ccc(CN3CCOCC3)s2)nc(C(N)=O)c1N. The molecule has 4 heterocycles. The van der Waals surface area contributed by atoms with Gasteiger partial charge in [0, 0.05) is 35.5 Å². The molecule has 0 radical (unpaired) electrons. The average molecular weight is 450 g/mol. The number of nitrogen functional groups attached to an aromatic ring is 1. The van der Waals surface area contributed by atoms with Crippen LogP contribution in [-0.2, 0) is 11.3 Å². The van der Waals surface area contributed by atoms with Crippen LogP contribution in [0.1, 0.15) is 20.9 Å². The van der Waals surface area contributed by atoms with E-state index in [1.807, 2.05) is 25.1 Å². The minimum absolute atomic E-state index is 0.0213. The van der Waals surface area contributed by atoms with Gasteiger partial charge >= 0.3 is 0 Å². The van der Waals surface area contributed by atoms with Crippen molar-refractivity contribution in [3.63, 3.8) is 0 Å². The van der Waals surface area contributed by atoms with Crippen LogP contribution in [0, 0.1) is 6.92 Å². The Bertz CT molecular complexity index is 1310. The molecule has 0 atom stereocenters. The number of aromatic nitrogens is 4. The van der Waals surface area contributed by atoms with E-state index >= 15 is 0 Å². The molecule has 3 aromatic heterocycles. The monoisotopic (exact) mass is 449 g/mol. The van der Waals surface area contributed by atoms with Crippen LogP contribution >= 0.6 is 11.3 Å². The summed E-state index contributed by atoms with van der Waals surface area (Å²) in [6.07, 6.45) is 1.73. The predicted octanol–water partition coefficient (Wildman–Crippen LogP) is 2.57. The fraction of sp³-hybridized carbons (Fsp3) is 0.273. The number of aromatic amines is 1. The molecule has 1 fully saturated rings. The highest BCUT2D eigenvalue weighted by Crippen LogP contribution is 2.37. The van der Waals surface area contributed by atoms with Crippen molar-refractivity contribution in [2.45, 2.75) is 13.5 Å². The lowest BCUT2D eigenvalue weighted by Crippen LogP contribution is -2.35. The maximum absolute atomic E-state index is 12.2. The highest BCUT2D eigenvalue weighted by Gasteiger charge is 2.22. The Morgan fingerprint density at radius 1 is 1.22 bits per heavy atom. The van der Waals surface area contributed by atoms with Crippen LogP contribution in [-0.4, -0.2) is 57.3 Å². The lowest BCUT2D eigenvalue weighted by molar-refractivity contribution is 0.0346. The Morgan fingerprint density at radius 2 is 2.03 bits per heavy atom. The molecule has 1 aliphatic rings. The summed E-state index contributed by atoms with van der Waals surface area (Å²) in [5, 5.41) is 7.98. The second kappa shape index (κ2) is 8.30. The molecule has 0 bridgehead atoms. The number of thiophene rings is 1. The number of carbonyl (C=O) groups excluding carboxylic acids is 1. The zero-order valence-electron chi connectivity index (χ0n) is 17.6. The summed E-state index contributed by atoms with van der Waals surface area (Å²) in [4.78, 5) is 25.8. The fourth-order valence-electron chi connectivity index (χ4n) is 3.96. The summed E-state index contributed by atoms with van der Waals surface area (Å²) in [7, 11) is 0. The van der Waals surface area contributed by atoms with Gasteiger partial charge in [0.1, 0.15) is 0 Å². The number of H-pyrrole nitrogens is 1. The predicted molar refractivity (Wildman–Crippen MR) is 124 cm³/mol. The third-order valence-electron chi connectivity index (χ3n) is 5.61. The van der Waals surface area contributed by atoms with Crippen molar-refractivity contribution in [1.29, 1.82) is 0 Å². The molecule has 1 amide bonds. The number of amides is 1. The van der Waals surface area contributed by atoms with E-state index < -0.39 is 5.91 Å². The van der Waals surface area contributed by atoms with E-state index in [0.717, 1.165) is 59.8 Å². The molecule has 1 aromatic carbocycles. The van der Waals surface area contributed by atoms with Gasteiger partial charge in [0.25, 0.3) is 5.91 Å². The molecule has 0 aliphatic carbocycles. The quantitative estimate of drug-likeness (QED) is 0.426. The standard InChI is InChI=1S/C22H23N7O2S/c1-12-2-4-15-14(10-25-28-15)17(12)19-18(23)20(21(24)30)27-22(26-19)16-5-3-13(32-16)11-29-6-8-31-9-7-29/h2-5,10H,6-9,11,23H2,1H3,(H2,24,30)(H,25,28). The number of ether oxygens (including phenoxy) is 1. The van der Waals surface area contributed by atoms with Crippen molar-refractivity contribution in [2.24, 2.45) is 5.73 Å². The second-order valence-corrected chi connectivity index (χ2v) is 8.93. The molecular weight excluding hydrogens is 426 g/mol. The number of hydrogen-bond acceptors (Lipinski definition) is 8. The number of rotatable bonds is 5. The summed E-state index contributed by atoms with van der Waals surface area (Å²) in [6, 6.07) is 7.96. The lowest BCUT2D eigenvalue weighted by atomic mass is 9.99. The Balaban J connectivity index is 1.60. The molecule has 10 heteroatoms. The first-order valence-corrected chi connectivity index (χ1v) is 11.1. The van der Waals surface area contributed by atoms with Gasteiger partial charge in [-0.05, 0) is 30.7 Å². The van der Waals surface area contributed by atoms with Gasteiger partial charge in [-0.15, -0.1) is 11.3 Å². The van der Waals surface area contributed by atoms with E-state index in [-0.39, 0.29) is 11.4 Å². The normalized spacial score (nSPS) is 14.8. The molecule has 164 valence electrons. The maximum atomic E-state index is 12.2. The first kappa shape index (κ1) is 20.6. The van der Waals surface area contributed by atoms with Crippen molar-refractivity contribution in [3.05, 3.63) is 46.6 Å². The lowest BCUT2D eigenvalue weighted by Gasteiger charge is -2.25. The number of nitrogens with two attached hydrogens (primary N) is 2. The molecule has 0 saturated carbocycles. The number of hydrogen-bond donors (Lipinski definition) is 3. The van der Waals surface area contributed by atoms with Gasteiger partial charge in [0.15, 0.2) is 11.5 Å². The van der Waals surface area contributed by atoms with Crippen LogP contribution in [0.3, 0.4) is 0 Å². The van der Waals surface area contributed by atoms with Gasteiger partial charge in [-0.2, -0.15) is 5.10 Å². The first-order valence-electron chi connectivity index (χ1n) is 10.3. The molecule has 9 nitrogen and oxygen atoms in total. The van der Waals surface area contributed by atoms with Gasteiger partial charge in [-0.1, -0.05) is 6.07 Å². The van der Waals surface area contributed by atoms with Crippen LogP contribution in [0.4, 0.5) is 5.69 Å². The Labute approximate surface area is 188 Å². The summed E-state index contributed by atoms with van der Waals surface area (Å²) in [5.74, 6) is -0.254. The molecule has 0 spiro atoms. The number of aryl methyl sites for hydroxylation is 1. The Kier molecular flexibility index (Phi) is 5.33. The molecule has 5 N–H and O–H groups in total. The zero-order valence-corrected chi connectivity index (χ0v) is 18.4. The third kappa shape index (κ3) is 3.72. The van der Waals surface area contributed by atoms with Gasteiger partial charge in [-0.25, -0.2) is 9.97 Å². The summed E-state index contributed by atoms with van der Waals surface area (Å²) >= 11 is 1.60. The molecule has 0 unspecified atom stereocenters. The number of primary amides is 1.